The summed E-state index contributed by atoms with van der Waals surface area (Å²) in [6, 6.07) is 6.51. The lowest BCUT2D eigenvalue weighted by atomic mass is 10.0. The Labute approximate surface area is 145 Å². The number of rotatable bonds is 7. The molecular formula is C18H31N5O. The summed E-state index contributed by atoms with van der Waals surface area (Å²) in [5.41, 5.74) is 0.930. The summed E-state index contributed by atoms with van der Waals surface area (Å²) in [5, 5.41) is 6.70. The maximum atomic E-state index is 5.15. The van der Waals surface area contributed by atoms with Crippen LogP contribution in [0.2, 0.25) is 0 Å². The van der Waals surface area contributed by atoms with Gasteiger partial charge in [0.15, 0.2) is 5.96 Å². The highest BCUT2D eigenvalue weighted by Crippen LogP contribution is 2.18. The number of hydrogen-bond acceptors (Lipinski definition) is 4. The monoisotopic (exact) mass is 333 g/mol. The van der Waals surface area contributed by atoms with Crippen molar-refractivity contribution in [1.29, 1.82) is 0 Å². The third-order valence-electron chi connectivity index (χ3n) is 4.56. The Morgan fingerprint density at radius 2 is 2.25 bits per heavy atom. The Morgan fingerprint density at radius 3 is 3.00 bits per heavy atom. The third-order valence-corrected chi connectivity index (χ3v) is 4.56. The summed E-state index contributed by atoms with van der Waals surface area (Å²) in [7, 11) is 3.42. The van der Waals surface area contributed by atoms with E-state index in [1.54, 1.807) is 14.2 Å². The second kappa shape index (κ2) is 10.1. The van der Waals surface area contributed by atoms with E-state index in [1.165, 1.54) is 32.2 Å². The zero-order chi connectivity index (χ0) is 17.2. The van der Waals surface area contributed by atoms with E-state index in [0.29, 0.717) is 12.4 Å². The van der Waals surface area contributed by atoms with Crippen LogP contribution in [-0.4, -0.2) is 55.7 Å². The highest BCUT2D eigenvalue weighted by molar-refractivity contribution is 5.79. The van der Waals surface area contributed by atoms with Crippen LogP contribution in [0, 0.1) is 0 Å². The maximum Gasteiger partial charge on any atom is 0.213 e. The predicted molar refractivity (Wildman–Crippen MR) is 98.5 cm³/mol. The lowest BCUT2D eigenvalue weighted by Gasteiger charge is -2.35. The average molecular weight is 333 g/mol. The number of piperidine rings is 1. The summed E-state index contributed by atoms with van der Waals surface area (Å²) in [6.45, 7) is 6.11. The minimum atomic E-state index is 0.623. The van der Waals surface area contributed by atoms with E-state index in [2.05, 4.69) is 32.4 Å². The van der Waals surface area contributed by atoms with Crippen molar-refractivity contribution in [2.75, 3.05) is 33.8 Å². The second-order valence-electron chi connectivity index (χ2n) is 6.12. The highest BCUT2D eigenvalue weighted by atomic mass is 16.5. The van der Waals surface area contributed by atoms with E-state index in [-0.39, 0.29) is 0 Å². The van der Waals surface area contributed by atoms with Crippen molar-refractivity contribution in [1.82, 2.24) is 20.5 Å². The van der Waals surface area contributed by atoms with E-state index >= 15 is 0 Å². The fourth-order valence-corrected chi connectivity index (χ4v) is 3.20. The molecule has 1 aliphatic rings. The van der Waals surface area contributed by atoms with Gasteiger partial charge in [-0.25, -0.2) is 4.98 Å². The van der Waals surface area contributed by atoms with Gasteiger partial charge in [0, 0.05) is 32.2 Å². The van der Waals surface area contributed by atoms with E-state index in [1.807, 2.05) is 18.2 Å². The summed E-state index contributed by atoms with van der Waals surface area (Å²) >= 11 is 0. The molecule has 1 atom stereocenters. The number of guanidine groups is 1. The van der Waals surface area contributed by atoms with Gasteiger partial charge in [-0.1, -0.05) is 19.4 Å². The van der Waals surface area contributed by atoms with Crippen LogP contribution in [0.15, 0.2) is 23.2 Å². The van der Waals surface area contributed by atoms with Gasteiger partial charge >= 0.3 is 0 Å². The molecule has 134 valence electrons. The molecule has 2 rings (SSSR count). The van der Waals surface area contributed by atoms with Crippen molar-refractivity contribution in [2.45, 2.75) is 45.2 Å². The summed E-state index contributed by atoms with van der Waals surface area (Å²) in [5.74, 6) is 1.44. The third kappa shape index (κ3) is 5.67. The Bertz CT molecular complexity index is 520. The molecule has 1 unspecified atom stereocenters. The van der Waals surface area contributed by atoms with Crippen molar-refractivity contribution >= 4 is 5.96 Å². The largest absolute Gasteiger partial charge is 0.481 e. The SMILES string of the molecule is CCC1CCCCN1CCNC(=NC)NCc1cccc(OC)n1. The van der Waals surface area contributed by atoms with Crippen molar-refractivity contribution in [2.24, 2.45) is 4.99 Å². The van der Waals surface area contributed by atoms with Crippen LogP contribution in [0.4, 0.5) is 0 Å². The number of methoxy groups -OCH3 is 1. The molecular weight excluding hydrogens is 302 g/mol. The topological polar surface area (TPSA) is 61.8 Å². The van der Waals surface area contributed by atoms with E-state index in [9.17, 15) is 0 Å². The van der Waals surface area contributed by atoms with E-state index in [4.69, 9.17) is 4.74 Å². The normalized spacial score (nSPS) is 19.1. The number of hydrogen-bond donors (Lipinski definition) is 2. The minimum Gasteiger partial charge on any atom is -0.481 e. The molecule has 0 saturated carbocycles. The first-order chi connectivity index (χ1) is 11.8. The van der Waals surface area contributed by atoms with E-state index < -0.39 is 0 Å². The molecule has 0 radical (unpaired) electrons. The molecule has 2 N–H and O–H groups in total. The molecule has 1 aliphatic heterocycles. The summed E-state index contributed by atoms with van der Waals surface area (Å²) < 4.78 is 5.15. The Kier molecular flexibility index (Phi) is 7.82. The van der Waals surface area contributed by atoms with Gasteiger partial charge in [-0.15, -0.1) is 0 Å². The number of pyridine rings is 1. The molecule has 0 spiro atoms. The number of nitrogens with zero attached hydrogens (tertiary/aromatic N) is 3. The van der Waals surface area contributed by atoms with Crippen LogP contribution in [-0.2, 0) is 6.54 Å². The van der Waals surface area contributed by atoms with Gasteiger partial charge in [0.2, 0.25) is 5.88 Å². The zero-order valence-electron chi connectivity index (χ0n) is 15.2. The van der Waals surface area contributed by atoms with Gasteiger partial charge in [0.25, 0.3) is 0 Å². The van der Waals surface area contributed by atoms with Crippen molar-refractivity contribution in [3.05, 3.63) is 23.9 Å². The zero-order valence-corrected chi connectivity index (χ0v) is 15.2. The maximum absolute atomic E-state index is 5.15. The van der Waals surface area contributed by atoms with Gasteiger partial charge in [0.1, 0.15) is 0 Å². The smallest absolute Gasteiger partial charge is 0.213 e. The molecule has 24 heavy (non-hydrogen) atoms. The summed E-state index contributed by atoms with van der Waals surface area (Å²) in [4.78, 5) is 11.3. The van der Waals surface area contributed by atoms with Crippen LogP contribution in [0.5, 0.6) is 5.88 Å². The lowest BCUT2D eigenvalue weighted by Crippen LogP contribution is -2.45. The molecule has 0 amide bonds. The van der Waals surface area contributed by atoms with Gasteiger partial charge in [-0.3, -0.25) is 9.89 Å². The first-order valence-corrected chi connectivity index (χ1v) is 8.95. The van der Waals surface area contributed by atoms with Crippen LogP contribution in [0.25, 0.3) is 0 Å². The number of likely N-dealkylation sites (tertiary alicyclic amines) is 1. The molecule has 2 heterocycles. The van der Waals surface area contributed by atoms with Crippen molar-refractivity contribution in [3.63, 3.8) is 0 Å². The van der Waals surface area contributed by atoms with Crippen LogP contribution in [0.1, 0.15) is 38.3 Å². The van der Waals surface area contributed by atoms with Crippen molar-refractivity contribution in [3.8, 4) is 5.88 Å². The quantitative estimate of drug-likeness (QED) is 0.590. The fraction of sp³-hybridized carbons (Fsp3) is 0.667. The fourth-order valence-electron chi connectivity index (χ4n) is 3.20. The Balaban J connectivity index is 1.74. The lowest BCUT2D eigenvalue weighted by molar-refractivity contribution is 0.147. The molecule has 1 fully saturated rings. The minimum absolute atomic E-state index is 0.623. The van der Waals surface area contributed by atoms with Gasteiger partial charge in [0.05, 0.1) is 19.3 Å². The number of ether oxygens (including phenoxy) is 1. The molecule has 6 heteroatoms. The number of aromatic nitrogens is 1. The molecule has 0 aromatic carbocycles. The highest BCUT2D eigenvalue weighted by Gasteiger charge is 2.19. The molecule has 1 aromatic heterocycles. The van der Waals surface area contributed by atoms with E-state index in [0.717, 1.165) is 30.8 Å². The summed E-state index contributed by atoms with van der Waals surface area (Å²) in [6.07, 6.45) is 5.28. The first-order valence-electron chi connectivity index (χ1n) is 8.95. The molecule has 6 nitrogen and oxygen atoms in total. The molecule has 1 saturated heterocycles. The Morgan fingerprint density at radius 1 is 1.38 bits per heavy atom. The van der Waals surface area contributed by atoms with Gasteiger partial charge in [-0.05, 0) is 31.9 Å². The van der Waals surface area contributed by atoms with Crippen LogP contribution in [0.3, 0.4) is 0 Å². The standard InChI is InChI=1S/C18H31N5O/c1-4-16-9-5-6-12-23(16)13-11-20-18(19-2)21-14-15-8-7-10-17(22-15)24-3/h7-8,10,16H,4-6,9,11-14H2,1-3H3,(H2,19,20,21). The second-order valence-corrected chi connectivity index (χ2v) is 6.12. The first kappa shape index (κ1) is 18.5. The predicted octanol–water partition coefficient (Wildman–Crippen LogP) is 2.02. The number of aliphatic imine (C=N–C) groups is 1. The van der Waals surface area contributed by atoms with Gasteiger partial charge < -0.3 is 15.4 Å². The van der Waals surface area contributed by atoms with Crippen molar-refractivity contribution < 1.29 is 4.74 Å². The van der Waals surface area contributed by atoms with Gasteiger partial charge in [-0.2, -0.15) is 0 Å². The molecule has 0 bridgehead atoms. The van der Waals surface area contributed by atoms with Crippen LogP contribution < -0.4 is 15.4 Å². The molecule has 0 aliphatic carbocycles. The average Bonchev–Trinajstić information content (AvgIpc) is 2.65. The Hall–Kier alpha value is -1.82. The van der Waals surface area contributed by atoms with Crippen LogP contribution >= 0.6 is 0 Å². The molecule has 1 aromatic rings. The number of nitrogens with one attached hydrogen (secondary N) is 2.